The first-order valence-electron chi connectivity index (χ1n) is 3.97. The minimum Gasteiger partial charge on any atom is -0.183 e. The van der Waals surface area contributed by atoms with Gasteiger partial charge >= 0.3 is 0 Å². The Bertz CT molecular complexity index is 32.2. The van der Waals surface area contributed by atoms with Crippen molar-refractivity contribution in [3.8, 4) is 0 Å². The number of unbranched alkanes of at least 4 members (excludes halogenated alkanes) is 4. The van der Waals surface area contributed by atoms with Crippen LogP contribution in [0.2, 0.25) is 0 Å². The van der Waals surface area contributed by atoms with Crippen LogP contribution in [0.3, 0.4) is 0 Å². The molecule has 0 heterocycles. The summed E-state index contributed by atoms with van der Waals surface area (Å²) in [5.74, 6) is 1.06. The average Bonchev–Trinajstić information content (AvgIpc) is 2.02. The van der Waals surface area contributed by atoms with Gasteiger partial charge in [0, 0.05) is 0 Å². The monoisotopic (exact) mass is 180 g/mol. The van der Waals surface area contributed by atoms with E-state index < -0.39 is 0 Å². The fourth-order valence-corrected chi connectivity index (χ4v) is 0.939. The molecule has 0 radical (unpaired) electrons. The zero-order valence-electron chi connectivity index (χ0n) is 7.14. The maximum atomic E-state index is 4.12. The van der Waals surface area contributed by atoms with Gasteiger partial charge in [0.05, 0.1) is 0 Å². The third-order valence-electron chi connectivity index (χ3n) is 1.26. The van der Waals surface area contributed by atoms with Crippen molar-refractivity contribution in [3.63, 3.8) is 0 Å². The van der Waals surface area contributed by atoms with Gasteiger partial charge in [-0.3, -0.25) is 0 Å². The SMILES string of the molecule is CCCCCCCS.CS. The second-order valence-electron chi connectivity index (χ2n) is 2.14. The first-order chi connectivity index (χ1) is 4.91. The molecule has 0 fully saturated rings. The van der Waals surface area contributed by atoms with E-state index in [1.165, 1.54) is 32.1 Å². The number of rotatable bonds is 5. The van der Waals surface area contributed by atoms with Crippen LogP contribution >= 0.6 is 25.3 Å². The molecule has 0 atom stereocenters. The summed E-state index contributed by atoms with van der Waals surface area (Å²) in [5, 5.41) is 0. The Morgan fingerprint density at radius 2 is 1.40 bits per heavy atom. The smallest absolute Gasteiger partial charge is 0.00979 e. The highest BCUT2D eigenvalue weighted by Gasteiger charge is 1.83. The van der Waals surface area contributed by atoms with Crippen molar-refractivity contribution < 1.29 is 0 Å². The zero-order chi connectivity index (χ0) is 8.24. The summed E-state index contributed by atoms with van der Waals surface area (Å²) in [6.45, 7) is 2.24. The molecule has 0 spiro atoms. The highest BCUT2D eigenvalue weighted by molar-refractivity contribution is 7.80. The van der Waals surface area contributed by atoms with Crippen molar-refractivity contribution in [1.29, 1.82) is 0 Å². The zero-order valence-corrected chi connectivity index (χ0v) is 8.93. The molecule has 0 aromatic rings. The first kappa shape index (κ1) is 13.3. The van der Waals surface area contributed by atoms with Gasteiger partial charge in [0.15, 0.2) is 0 Å². The Balaban J connectivity index is 0. The van der Waals surface area contributed by atoms with Gasteiger partial charge in [-0.1, -0.05) is 32.6 Å². The summed E-state index contributed by atoms with van der Waals surface area (Å²) in [6, 6.07) is 0. The Hall–Kier alpha value is 0.700. The standard InChI is InChI=1S/C7H16S.CH4S/c1-2-3-4-5-6-7-8;1-2/h8H,2-7H2,1H3;2H,1H3. The van der Waals surface area contributed by atoms with Gasteiger partial charge in [0.25, 0.3) is 0 Å². The molecule has 0 aliphatic heterocycles. The number of hydrogen-bond acceptors (Lipinski definition) is 2. The Labute approximate surface area is 76.6 Å². The minimum absolute atomic E-state index is 1.06. The topological polar surface area (TPSA) is 0 Å². The fourth-order valence-electron chi connectivity index (χ4n) is 0.715. The van der Waals surface area contributed by atoms with Crippen LogP contribution < -0.4 is 0 Å². The van der Waals surface area contributed by atoms with E-state index in [2.05, 4.69) is 32.2 Å². The largest absolute Gasteiger partial charge is 0.183 e. The quantitative estimate of drug-likeness (QED) is 0.470. The van der Waals surface area contributed by atoms with Crippen LogP contribution in [0.5, 0.6) is 0 Å². The van der Waals surface area contributed by atoms with E-state index in [1.807, 2.05) is 0 Å². The number of hydrogen-bond donors (Lipinski definition) is 2. The maximum Gasteiger partial charge on any atom is -0.00979 e. The van der Waals surface area contributed by atoms with Crippen LogP contribution in [-0.2, 0) is 0 Å². The molecule has 0 rings (SSSR count). The molecule has 0 bridgehead atoms. The highest BCUT2D eigenvalue weighted by Crippen LogP contribution is 2.02. The summed E-state index contributed by atoms with van der Waals surface area (Å²) < 4.78 is 0. The fraction of sp³-hybridized carbons (Fsp3) is 1.00. The van der Waals surface area contributed by atoms with Crippen molar-refractivity contribution in [2.24, 2.45) is 0 Å². The molecule has 0 saturated heterocycles. The van der Waals surface area contributed by atoms with E-state index in [0.29, 0.717) is 0 Å². The van der Waals surface area contributed by atoms with Gasteiger partial charge in [-0.15, -0.1) is 0 Å². The molecule has 64 valence electrons. The third-order valence-corrected chi connectivity index (χ3v) is 1.58. The van der Waals surface area contributed by atoms with Gasteiger partial charge in [0.2, 0.25) is 0 Å². The Morgan fingerprint density at radius 3 is 1.80 bits per heavy atom. The van der Waals surface area contributed by atoms with Gasteiger partial charge in [-0.05, 0) is 18.4 Å². The normalized spacial score (nSPS) is 8.40. The molecular formula is C8H20S2. The van der Waals surface area contributed by atoms with Crippen LogP contribution in [0.4, 0.5) is 0 Å². The summed E-state index contributed by atoms with van der Waals surface area (Å²) in [7, 11) is 0. The molecule has 0 aliphatic rings. The lowest BCUT2D eigenvalue weighted by Gasteiger charge is -1.93. The maximum absolute atomic E-state index is 4.12. The van der Waals surface area contributed by atoms with E-state index in [-0.39, 0.29) is 0 Å². The van der Waals surface area contributed by atoms with Crippen LogP contribution in [0, 0.1) is 0 Å². The van der Waals surface area contributed by atoms with Gasteiger partial charge in [0.1, 0.15) is 0 Å². The van der Waals surface area contributed by atoms with Gasteiger partial charge < -0.3 is 0 Å². The lowest BCUT2D eigenvalue weighted by Crippen LogP contribution is -1.76. The molecule has 0 N–H and O–H groups in total. The van der Waals surface area contributed by atoms with Crippen LogP contribution in [0.1, 0.15) is 39.0 Å². The molecule has 10 heavy (non-hydrogen) atoms. The summed E-state index contributed by atoms with van der Waals surface area (Å²) >= 11 is 7.65. The average molecular weight is 180 g/mol. The van der Waals surface area contributed by atoms with Crippen molar-refractivity contribution in [2.75, 3.05) is 12.0 Å². The molecule has 0 saturated carbocycles. The minimum atomic E-state index is 1.06. The van der Waals surface area contributed by atoms with Crippen molar-refractivity contribution >= 4 is 25.3 Å². The summed E-state index contributed by atoms with van der Waals surface area (Å²) in [4.78, 5) is 0. The third kappa shape index (κ3) is 15.9. The molecule has 0 aliphatic carbocycles. The second-order valence-corrected chi connectivity index (χ2v) is 2.59. The van der Waals surface area contributed by atoms with Crippen LogP contribution in [0.15, 0.2) is 0 Å². The van der Waals surface area contributed by atoms with E-state index >= 15 is 0 Å². The van der Waals surface area contributed by atoms with Crippen molar-refractivity contribution in [1.82, 2.24) is 0 Å². The van der Waals surface area contributed by atoms with Crippen LogP contribution in [-0.4, -0.2) is 12.0 Å². The van der Waals surface area contributed by atoms with E-state index in [0.717, 1.165) is 5.75 Å². The first-order valence-corrected chi connectivity index (χ1v) is 5.50. The molecule has 0 nitrogen and oxygen atoms in total. The van der Waals surface area contributed by atoms with Gasteiger partial charge in [-0.2, -0.15) is 25.3 Å². The summed E-state index contributed by atoms with van der Waals surface area (Å²) in [6.07, 6.45) is 8.50. The van der Waals surface area contributed by atoms with Crippen molar-refractivity contribution in [2.45, 2.75) is 39.0 Å². The molecule has 0 aromatic carbocycles. The predicted molar refractivity (Wildman–Crippen MR) is 57.5 cm³/mol. The predicted octanol–water partition coefficient (Wildman–Crippen LogP) is 3.43. The van der Waals surface area contributed by atoms with E-state index in [9.17, 15) is 0 Å². The molecule has 0 unspecified atom stereocenters. The Morgan fingerprint density at radius 1 is 0.900 bits per heavy atom. The molecule has 2 heteroatoms. The molecule has 0 amide bonds. The van der Waals surface area contributed by atoms with Gasteiger partial charge in [-0.25, -0.2) is 0 Å². The second kappa shape index (κ2) is 16.4. The molecule has 0 aromatic heterocycles. The lowest BCUT2D eigenvalue weighted by molar-refractivity contribution is 0.660. The lowest BCUT2D eigenvalue weighted by atomic mass is 10.2. The van der Waals surface area contributed by atoms with Crippen LogP contribution in [0.25, 0.3) is 0 Å². The van der Waals surface area contributed by atoms with E-state index in [1.54, 1.807) is 6.26 Å². The summed E-state index contributed by atoms with van der Waals surface area (Å²) in [5.41, 5.74) is 0. The van der Waals surface area contributed by atoms with Crippen molar-refractivity contribution in [3.05, 3.63) is 0 Å². The van der Waals surface area contributed by atoms with E-state index in [4.69, 9.17) is 0 Å². The molecular weight excluding hydrogens is 160 g/mol. The number of thiol groups is 2. The Kier molecular flexibility index (Phi) is 21.8. The highest BCUT2D eigenvalue weighted by atomic mass is 32.1.